The van der Waals surface area contributed by atoms with Crippen LogP contribution in [0.15, 0.2) is 195 Å². The lowest BCUT2D eigenvalue weighted by molar-refractivity contribution is 1.18. The number of allylic oxidation sites excluding steroid dienone is 5. The average Bonchev–Trinajstić information content (AvgIpc) is 3.69. The Morgan fingerprint density at radius 1 is 0.431 bits per heavy atom. The van der Waals surface area contributed by atoms with Gasteiger partial charge in [0.1, 0.15) is 0 Å². The quantitative estimate of drug-likeness (QED) is 0.152. The Balaban J connectivity index is 1.27. The first-order valence-corrected chi connectivity index (χ1v) is 17.5. The van der Waals surface area contributed by atoms with Crippen LogP contribution in [0.25, 0.3) is 88.4 Å². The summed E-state index contributed by atoms with van der Waals surface area (Å²) in [5.41, 5.74) is 14.3. The Morgan fingerprint density at radius 2 is 0.980 bits per heavy atom. The van der Waals surface area contributed by atoms with Crippen LogP contribution in [0.5, 0.6) is 0 Å². The van der Waals surface area contributed by atoms with Gasteiger partial charge in [-0.05, 0) is 88.8 Å². The third kappa shape index (κ3) is 5.29. The second kappa shape index (κ2) is 12.7. The molecule has 0 aliphatic rings. The van der Waals surface area contributed by atoms with Gasteiger partial charge in [0.25, 0.3) is 0 Å². The normalized spacial score (nSPS) is 12.1. The van der Waals surface area contributed by atoms with Crippen molar-refractivity contribution in [1.29, 1.82) is 0 Å². The van der Waals surface area contributed by atoms with E-state index in [0.717, 1.165) is 11.4 Å². The lowest BCUT2D eigenvalue weighted by Crippen LogP contribution is -1.95. The van der Waals surface area contributed by atoms with Crippen molar-refractivity contribution >= 4 is 49.3 Å². The van der Waals surface area contributed by atoms with Gasteiger partial charge in [0, 0.05) is 32.9 Å². The molecule has 0 unspecified atom stereocenters. The maximum atomic E-state index is 3.86. The number of hydrogen-bond acceptors (Lipinski definition) is 0. The van der Waals surface area contributed by atoms with Gasteiger partial charge in [0.05, 0.1) is 22.1 Å². The van der Waals surface area contributed by atoms with E-state index >= 15 is 0 Å². The maximum absolute atomic E-state index is 3.86. The molecule has 0 aliphatic heterocycles. The van der Waals surface area contributed by atoms with E-state index in [-0.39, 0.29) is 0 Å². The molecule has 0 aliphatic carbocycles. The molecule has 2 aromatic heterocycles. The summed E-state index contributed by atoms with van der Waals surface area (Å²) in [6.07, 6.45) is 8.01. The minimum Gasteiger partial charge on any atom is -0.313 e. The van der Waals surface area contributed by atoms with Crippen LogP contribution in [-0.4, -0.2) is 9.13 Å². The molecule has 0 atom stereocenters. The SMILES string of the molecule is C=C/C=C\C=C(/C)n1c2ccc(-c3ccccc3)cc2c2cc3c(cc21)c1ccccc1n3-c1cccc(-c2ccc(-c3ccccc3)cc2)c1. The maximum Gasteiger partial charge on any atom is 0.0548 e. The van der Waals surface area contributed by atoms with Crippen LogP contribution < -0.4 is 0 Å². The topological polar surface area (TPSA) is 9.86 Å². The summed E-state index contributed by atoms with van der Waals surface area (Å²) < 4.78 is 4.84. The van der Waals surface area contributed by atoms with E-state index in [2.05, 4.69) is 199 Å². The molecule has 0 saturated heterocycles. The van der Waals surface area contributed by atoms with Gasteiger partial charge < -0.3 is 9.13 Å². The summed E-state index contributed by atoms with van der Waals surface area (Å²) in [4.78, 5) is 0. The van der Waals surface area contributed by atoms with Crippen molar-refractivity contribution in [2.75, 3.05) is 0 Å². The minimum absolute atomic E-state index is 1.14. The van der Waals surface area contributed by atoms with Crippen molar-refractivity contribution in [1.82, 2.24) is 9.13 Å². The summed E-state index contributed by atoms with van der Waals surface area (Å²) in [6.45, 7) is 6.04. The van der Waals surface area contributed by atoms with E-state index in [9.17, 15) is 0 Å². The molecule has 0 bridgehead atoms. The van der Waals surface area contributed by atoms with E-state index in [1.54, 1.807) is 0 Å². The third-order valence-corrected chi connectivity index (χ3v) is 10.0. The van der Waals surface area contributed by atoms with Gasteiger partial charge >= 0.3 is 0 Å². The van der Waals surface area contributed by atoms with Gasteiger partial charge in [-0.25, -0.2) is 0 Å². The highest BCUT2D eigenvalue weighted by Crippen LogP contribution is 2.41. The first-order valence-electron chi connectivity index (χ1n) is 17.5. The molecule has 0 N–H and O–H groups in total. The second-order valence-corrected chi connectivity index (χ2v) is 13.1. The Hall–Kier alpha value is -6.64. The number of hydrogen-bond donors (Lipinski definition) is 0. The fourth-order valence-corrected chi connectivity index (χ4v) is 7.61. The molecule has 0 spiro atoms. The van der Waals surface area contributed by atoms with Crippen molar-refractivity contribution in [3.8, 4) is 39.1 Å². The van der Waals surface area contributed by atoms with Gasteiger partial charge in [0.2, 0.25) is 0 Å². The van der Waals surface area contributed by atoms with Crippen LogP contribution in [0.4, 0.5) is 0 Å². The molecule has 242 valence electrons. The number of nitrogens with zero attached hydrogens (tertiary/aromatic N) is 2. The van der Waals surface area contributed by atoms with Crippen molar-refractivity contribution in [2.24, 2.45) is 0 Å². The number of para-hydroxylation sites is 1. The number of rotatable bonds is 7. The molecule has 2 heterocycles. The molecule has 7 aromatic carbocycles. The van der Waals surface area contributed by atoms with E-state index in [1.807, 2.05) is 12.2 Å². The van der Waals surface area contributed by atoms with E-state index in [0.29, 0.717) is 0 Å². The molecule has 0 fully saturated rings. The fourth-order valence-electron chi connectivity index (χ4n) is 7.61. The summed E-state index contributed by atoms with van der Waals surface area (Å²) in [5, 5.41) is 4.93. The highest BCUT2D eigenvalue weighted by molar-refractivity contribution is 6.19. The van der Waals surface area contributed by atoms with Crippen LogP contribution >= 0.6 is 0 Å². The van der Waals surface area contributed by atoms with Gasteiger partial charge in [-0.1, -0.05) is 146 Å². The molecule has 0 radical (unpaired) electrons. The number of fused-ring (bicyclic) bond motifs is 6. The average molecular weight is 653 g/mol. The lowest BCUT2D eigenvalue weighted by Gasteiger charge is -2.11. The van der Waals surface area contributed by atoms with E-state index in [4.69, 9.17) is 0 Å². The van der Waals surface area contributed by atoms with Crippen LogP contribution in [0.1, 0.15) is 6.92 Å². The van der Waals surface area contributed by atoms with E-state index < -0.39 is 0 Å². The largest absolute Gasteiger partial charge is 0.313 e. The zero-order valence-corrected chi connectivity index (χ0v) is 28.5. The monoisotopic (exact) mass is 652 g/mol. The van der Waals surface area contributed by atoms with Crippen LogP contribution in [-0.2, 0) is 0 Å². The summed E-state index contributed by atoms with van der Waals surface area (Å²) in [7, 11) is 0. The highest BCUT2D eigenvalue weighted by Gasteiger charge is 2.19. The van der Waals surface area contributed by atoms with Crippen molar-refractivity contribution < 1.29 is 0 Å². The molecule has 0 amide bonds. The van der Waals surface area contributed by atoms with Crippen LogP contribution in [0.2, 0.25) is 0 Å². The molecule has 0 saturated carbocycles. The Kier molecular flexibility index (Phi) is 7.56. The van der Waals surface area contributed by atoms with Gasteiger partial charge in [-0.2, -0.15) is 0 Å². The minimum atomic E-state index is 1.14. The summed E-state index contributed by atoms with van der Waals surface area (Å²) in [5.74, 6) is 0. The smallest absolute Gasteiger partial charge is 0.0548 e. The van der Waals surface area contributed by atoms with Crippen molar-refractivity contribution in [2.45, 2.75) is 6.92 Å². The Bertz CT molecular complexity index is 2790. The molecule has 2 heteroatoms. The molecule has 51 heavy (non-hydrogen) atoms. The molecular weight excluding hydrogens is 617 g/mol. The fraction of sp³-hybridized carbons (Fsp3) is 0.0204. The zero-order chi connectivity index (χ0) is 34.3. The van der Waals surface area contributed by atoms with Crippen molar-refractivity contribution in [3.63, 3.8) is 0 Å². The molecule has 9 aromatic rings. The number of aromatic nitrogens is 2. The second-order valence-electron chi connectivity index (χ2n) is 13.1. The van der Waals surface area contributed by atoms with Crippen molar-refractivity contribution in [3.05, 3.63) is 195 Å². The Morgan fingerprint density at radius 3 is 1.73 bits per heavy atom. The standard InChI is InChI=1S/C49H36N2/c1-3-4-7-15-34(2)50-47-29-28-40(36-18-10-6-11-19-36)31-43(47)45-33-49-44(32-48(45)50)42-22-12-13-23-46(42)51(49)41-21-14-20-39(30-41)38-26-24-37(25-27-38)35-16-8-5-9-17-35/h3-33H,1H2,2H3/b7-4-,34-15+. The summed E-state index contributed by atoms with van der Waals surface area (Å²) >= 11 is 0. The molecular formula is C49H36N2. The first kappa shape index (κ1) is 30.4. The Labute approximate surface area is 298 Å². The predicted molar refractivity (Wildman–Crippen MR) is 219 cm³/mol. The summed E-state index contributed by atoms with van der Waals surface area (Å²) in [6, 6.07) is 59.5. The van der Waals surface area contributed by atoms with Gasteiger partial charge in [-0.3, -0.25) is 0 Å². The molecule has 9 rings (SSSR count). The lowest BCUT2D eigenvalue weighted by atomic mass is 10.00. The van der Waals surface area contributed by atoms with E-state index in [1.165, 1.54) is 77.0 Å². The highest BCUT2D eigenvalue weighted by atomic mass is 15.0. The van der Waals surface area contributed by atoms with Gasteiger partial charge in [-0.15, -0.1) is 0 Å². The number of benzene rings is 7. The molecule has 2 nitrogen and oxygen atoms in total. The predicted octanol–water partition coefficient (Wildman–Crippen LogP) is 13.5. The van der Waals surface area contributed by atoms with Gasteiger partial charge in [0.15, 0.2) is 0 Å². The third-order valence-electron chi connectivity index (χ3n) is 10.0. The zero-order valence-electron chi connectivity index (χ0n) is 28.5. The van der Waals surface area contributed by atoms with Crippen LogP contribution in [0, 0.1) is 0 Å². The first-order chi connectivity index (χ1) is 25.2. The van der Waals surface area contributed by atoms with Crippen LogP contribution in [0.3, 0.4) is 0 Å².